The van der Waals surface area contributed by atoms with Gasteiger partial charge in [-0.15, -0.1) is 24.8 Å². The lowest BCUT2D eigenvalue weighted by Gasteiger charge is -2.24. The summed E-state index contributed by atoms with van der Waals surface area (Å²) in [5.41, 5.74) is 3.63. The highest BCUT2D eigenvalue weighted by atomic mass is 35.5. The van der Waals surface area contributed by atoms with Gasteiger partial charge in [-0.3, -0.25) is 4.79 Å². The van der Waals surface area contributed by atoms with Crippen LogP contribution >= 0.6 is 24.8 Å². The number of rotatable bonds is 4. The lowest BCUT2D eigenvalue weighted by atomic mass is 9.82. The highest BCUT2D eigenvalue weighted by Crippen LogP contribution is 2.47. The molecular weight excluding hydrogens is 433 g/mol. The van der Waals surface area contributed by atoms with E-state index in [0.29, 0.717) is 29.5 Å². The van der Waals surface area contributed by atoms with Crippen molar-refractivity contribution < 1.29 is 4.79 Å². The molecule has 31 heavy (non-hydrogen) atoms. The lowest BCUT2D eigenvalue weighted by Crippen LogP contribution is -2.39. The number of hydrogen-bond acceptors (Lipinski definition) is 4. The maximum Gasteiger partial charge on any atom is 0.256 e. The molecule has 1 N–H and O–H groups in total. The summed E-state index contributed by atoms with van der Waals surface area (Å²) in [5, 5.41) is 3.51. The minimum absolute atomic E-state index is 0. The number of amides is 1. The number of benzene rings is 1. The van der Waals surface area contributed by atoms with Crippen LogP contribution in [0.15, 0.2) is 48.9 Å². The van der Waals surface area contributed by atoms with E-state index >= 15 is 0 Å². The molecule has 0 saturated carbocycles. The van der Waals surface area contributed by atoms with Crippen LogP contribution in [0.25, 0.3) is 11.2 Å². The van der Waals surface area contributed by atoms with Crippen molar-refractivity contribution in [1.82, 2.24) is 24.8 Å². The number of nitrogens with one attached hydrogen (secondary N) is 1. The van der Waals surface area contributed by atoms with Gasteiger partial charge in [-0.25, -0.2) is 9.97 Å². The number of fused-ring (bicyclic) bond motifs is 6. The van der Waals surface area contributed by atoms with Gasteiger partial charge >= 0.3 is 0 Å². The number of halogens is 2. The van der Waals surface area contributed by atoms with Crippen molar-refractivity contribution >= 4 is 41.9 Å². The van der Waals surface area contributed by atoms with Crippen molar-refractivity contribution in [1.29, 1.82) is 0 Å². The van der Waals surface area contributed by atoms with E-state index in [9.17, 15) is 4.79 Å². The van der Waals surface area contributed by atoms with Crippen LogP contribution in [-0.2, 0) is 13.0 Å². The zero-order valence-electron chi connectivity index (χ0n) is 17.2. The molecule has 1 amide bonds. The van der Waals surface area contributed by atoms with E-state index in [1.54, 1.807) is 6.20 Å². The molecule has 6 nitrogen and oxygen atoms in total. The number of carbonyl (C=O) groups excluding carboxylic acids is 1. The van der Waals surface area contributed by atoms with Crippen molar-refractivity contribution in [2.24, 2.45) is 11.8 Å². The Labute approximate surface area is 194 Å². The molecule has 0 unspecified atom stereocenters. The number of hydrogen-bond donors (Lipinski definition) is 1. The molecule has 0 spiro atoms. The summed E-state index contributed by atoms with van der Waals surface area (Å²) in [4.78, 5) is 24.7. The maximum atomic E-state index is 13.3. The Morgan fingerprint density at radius 1 is 1.03 bits per heavy atom. The van der Waals surface area contributed by atoms with Crippen molar-refractivity contribution in [2.45, 2.75) is 37.9 Å². The smallest absolute Gasteiger partial charge is 0.256 e. The third kappa shape index (κ3) is 3.60. The van der Waals surface area contributed by atoms with Crippen LogP contribution in [0.2, 0.25) is 0 Å². The van der Waals surface area contributed by atoms with Crippen LogP contribution in [0.5, 0.6) is 0 Å². The average molecular weight is 460 g/mol. The normalized spacial score (nSPS) is 25.9. The standard InChI is InChI=1S/C23H25N5O.2ClH/c29-23(28-20-6-7-21(28)18-13-24-12-17(18)20)16-10-19-22(25-11-16)27(14-26-19)9-8-15-4-2-1-3-5-15;;/h1-5,10-11,14,17-18,20-21,24H,6-9,12-13H2;2*1H/t17-,18+,20-,21+;;. The van der Waals surface area contributed by atoms with Gasteiger partial charge in [0.1, 0.15) is 5.52 Å². The van der Waals surface area contributed by atoms with Crippen molar-refractivity contribution in [2.75, 3.05) is 13.1 Å². The van der Waals surface area contributed by atoms with Crippen molar-refractivity contribution in [3.63, 3.8) is 0 Å². The lowest BCUT2D eigenvalue weighted by molar-refractivity contribution is 0.0709. The molecule has 0 radical (unpaired) electrons. The third-order valence-corrected chi connectivity index (χ3v) is 7.19. The number of carbonyl (C=O) groups is 1. The molecule has 8 heteroatoms. The summed E-state index contributed by atoms with van der Waals surface area (Å²) in [5.74, 6) is 1.40. The molecule has 6 rings (SSSR count). The van der Waals surface area contributed by atoms with Crippen molar-refractivity contribution in [3.8, 4) is 0 Å². The molecule has 3 saturated heterocycles. The van der Waals surface area contributed by atoms with Gasteiger partial charge in [-0.1, -0.05) is 30.3 Å². The van der Waals surface area contributed by atoms with Crippen molar-refractivity contribution in [3.05, 3.63) is 60.0 Å². The summed E-state index contributed by atoms with van der Waals surface area (Å²) in [6.45, 7) is 2.94. The molecule has 1 aromatic carbocycles. The quantitative estimate of drug-likeness (QED) is 0.649. The van der Waals surface area contributed by atoms with Gasteiger partial charge in [0.05, 0.1) is 11.9 Å². The molecule has 4 atom stereocenters. The summed E-state index contributed by atoms with van der Waals surface area (Å²) in [6.07, 6.45) is 6.80. The monoisotopic (exact) mass is 459 g/mol. The zero-order valence-corrected chi connectivity index (χ0v) is 18.8. The largest absolute Gasteiger partial charge is 0.332 e. The van der Waals surface area contributed by atoms with Crippen LogP contribution in [0.1, 0.15) is 28.8 Å². The number of nitrogens with zero attached hydrogens (tertiary/aromatic N) is 4. The van der Waals surface area contributed by atoms with Crippen LogP contribution in [-0.4, -0.2) is 50.5 Å². The Morgan fingerprint density at radius 2 is 1.74 bits per heavy atom. The Balaban J connectivity index is 0.00000116. The molecule has 0 aliphatic carbocycles. The Morgan fingerprint density at radius 3 is 2.45 bits per heavy atom. The predicted octanol–water partition coefficient (Wildman–Crippen LogP) is 3.34. The number of aromatic nitrogens is 3. The van der Waals surface area contributed by atoms with Crippen LogP contribution < -0.4 is 5.32 Å². The zero-order chi connectivity index (χ0) is 19.4. The van der Waals surface area contributed by atoms with Gasteiger partial charge in [0, 0.05) is 37.9 Å². The van der Waals surface area contributed by atoms with E-state index in [1.165, 1.54) is 5.56 Å². The van der Waals surface area contributed by atoms with E-state index in [0.717, 1.165) is 50.1 Å². The minimum atomic E-state index is 0. The minimum Gasteiger partial charge on any atom is -0.332 e. The highest BCUT2D eigenvalue weighted by Gasteiger charge is 2.56. The molecular formula is C23H27Cl2N5O. The Bertz CT molecular complexity index is 1050. The van der Waals surface area contributed by atoms with Gasteiger partial charge in [0.2, 0.25) is 0 Å². The van der Waals surface area contributed by atoms with E-state index < -0.39 is 0 Å². The predicted molar refractivity (Wildman–Crippen MR) is 125 cm³/mol. The van der Waals surface area contributed by atoms with Crippen LogP contribution in [0.4, 0.5) is 0 Å². The number of aryl methyl sites for hydroxylation is 2. The fourth-order valence-electron chi connectivity index (χ4n) is 5.84. The Kier molecular flexibility index (Phi) is 6.24. The van der Waals surface area contributed by atoms with Gasteiger partial charge < -0.3 is 14.8 Å². The molecule has 3 aliphatic heterocycles. The third-order valence-electron chi connectivity index (χ3n) is 7.19. The number of imidazole rings is 1. The van der Waals surface area contributed by atoms with Gasteiger partial charge in [-0.05, 0) is 42.7 Å². The molecule has 2 bridgehead atoms. The van der Waals surface area contributed by atoms with E-state index in [-0.39, 0.29) is 30.7 Å². The van der Waals surface area contributed by atoms with Gasteiger partial charge in [0.15, 0.2) is 5.65 Å². The first-order valence-corrected chi connectivity index (χ1v) is 10.7. The SMILES string of the molecule is Cl.Cl.O=C(c1cnc2c(c1)ncn2CCc1ccccc1)N1[C@@H]2CC[C@H]1[C@H]1CNC[C@H]12. The number of pyridine rings is 1. The van der Waals surface area contributed by atoms with Crippen LogP contribution in [0, 0.1) is 11.8 Å². The van der Waals surface area contributed by atoms with Gasteiger partial charge in [-0.2, -0.15) is 0 Å². The van der Waals surface area contributed by atoms with Crippen LogP contribution in [0.3, 0.4) is 0 Å². The molecule has 2 aromatic heterocycles. The second kappa shape index (κ2) is 8.77. The molecule has 3 aromatic rings. The average Bonchev–Trinajstić information content (AvgIpc) is 3.53. The highest BCUT2D eigenvalue weighted by molar-refractivity contribution is 5.97. The first-order chi connectivity index (χ1) is 14.3. The summed E-state index contributed by atoms with van der Waals surface area (Å²) >= 11 is 0. The fourth-order valence-corrected chi connectivity index (χ4v) is 5.84. The molecule has 5 heterocycles. The molecule has 164 valence electrons. The molecule has 3 fully saturated rings. The second-order valence-corrected chi connectivity index (χ2v) is 8.65. The Hall–Kier alpha value is -2.15. The van der Waals surface area contributed by atoms with E-state index in [1.807, 2.05) is 18.5 Å². The summed E-state index contributed by atoms with van der Waals surface area (Å²) < 4.78 is 2.08. The topological polar surface area (TPSA) is 63.1 Å². The first-order valence-electron chi connectivity index (χ1n) is 10.7. The molecule has 3 aliphatic rings. The second-order valence-electron chi connectivity index (χ2n) is 8.65. The van der Waals surface area contributed by atoms with Gasteiger partial charge in [0.25, 0.3) is 5.91 Å². The summed E-state index contributed by atoms with van der Waals surface area (Å²) in [7, 11) is 0. The van der Waals surface area contributed by atoms with E-state index in [2.05, 4.69) is 49.0 Å². The first kappa shape index (κ1) is 22.1. The fraction of sp³-hybridized carbons (Fsp3) is 0.435. The summed E-state index contributed by atoms with van der Waals surface area (Å²) in [6, 6.07) is 13.2. The maximum absolute atomic E-state index is 13.3. The van der Waals surface area contributed by atoms with E-state index in [4.69, 9.17) is 0 Å².